The summed E-state index contributed by atoms with van der Waals surface area (Å²) in [5.41, 5.74) is 3.97. The van der Waals surface area contributed by atoms with Crippen LogP contribution in [-0.4, -0.2) is 45.9 Å². The molecule has 9 nitrogen and oxygen atoms in total. The molecule has 1 aromatic carbocycles. The number of aromatic nitrogens is 3. The summed E-state index contributed by atoms with van der Waals surface area (Å²) in [6.45, 7) is 2.89. The molecule has 1 aliphatic heterocycles. The molecule has 0 spiro atoms. The number of thiophene rings is 1. The fraction of sp³-hybridized carbons (Fsp3) is 0.261. The van der Waals surface area contributed by atoms with E-state index in [0.29, 0.717) is 23.3 Å². The average Bonchev–Trinajstić information content (AvgIpc) is 3.55. The summed E-state index contributed by atoms with van der Waals surface area (Å²) in [7, 11) is -2.07. The molecule has 1 aliphatic rings. The van der Waals surface area contributed by atoms with Crippen LogP contribution in [0.3, 0.4) is 0 Å². The fourth-order valence-corrected chi connectivity index (χ4v) is 6.87. The van der Waals surface area contributed by atoms with Gasteiger partial charge in [-0.05, 0) is 31.4 Å². The Morgan fingerprint density at radius 1 is 1.15 bits per heavy atom. The van der Waals surface area contributed by atoms with E-state index in [-0.39, 0.29) is 10.6 Å². The molecule has 34 heavy (non-hydrogen) atoms. The second-order valence-corrected chi connectivity index (χ2v) is 11.4. The summed E-state index contributed by atoms with van der Waals surface area (Å²) < 4.78 is 29.7. The fourth-order valence-electron chi connectivity index (χ4n) is 4.28. The SMILES string of the molecule is Cc1sc2ncn(NC(=O)c3cc(S(=O)(=O)N4CCCC4)cn3C)c(=O)c2c1-c1ccccc1. The molecule has 4 heterocycles. The minimum absolute atomic E-state index is 0.0581. The van der Waals surface area contributed by atoms with Crippen LogP contribution in [0.25, 0.3) is 21.3 Å². The second kappa shape index (κ2) is 8.49. The number of hydrogen-bond donors (Lipinski definition) is 1. The molecule has 1 fully saturated rings. The van der Waals surface area contributed by atoms with Crippen LogP contribution in [0.15, 0.2) is 58.6 Å². The molecule has 176 valence electrons. The van der Waals surface area contributed by atoms with Gasteiger partial charge in [0.2, 0.25) is 10.0 Å². The molecule has 0 radical (unpaired) electrons. The molecule has 0 atom stereocenters. The summed E-state index contributed by atoms with van der Waals surface area (Å²) in [6, 6.07) is 10.9. The number of nitrogens with one attached hydrogen (secondary N) is 1. The summed E-state index contributed by atoms with van der Waals surface area (Å²) >= 11 is 1.42. The summed E-state index contributed by atoms with van der Waals surface area (Å²) in [5, 5.41) is 0.431. The predicted molar refractivity (Wildman–Crippen MR) is 131 cm³/mol. The van der Waals surface area contributed by atoms with E-state index in [1.54, 1.807) is 7.05 Å². The maximum Gasteiger partial charge on any atom is 0.286 e. The van der Waals surface area contributed by atoms with Crippen molar-refractivity contribution in [1.29, 1.82) is 0 Å². The molecule has 1 saturated heterocycles. The van der Waals surface area contributed by atoms with Crippen LogP contribution in [-0.2, 0) is 17.1 Å². The first-order valence-corrected chi connectivity index (χ1v) is 13.1. The molecule has 3 aromatic heterocycles. The number of aryl methyl sites for hydroxylation is 2. The van der Waals surface area contributed by atoms with Crippen molar-refractivity contribution in [3.05, 3.63) is 69.8 Å². The average molecular weight is 498 g/mol. The zero-order valence-electron chi connectivity index (χ0n) is 18.7. The Bertz CT molecular complexity index is 1560. The van der Waals surface area contributed by atoms with Gasteiger partial charge in [0.25, 0.3) is 11.5 Å². The monoisotopic (exact) mass is 497 g/mol. The van der Waals surface area contributed by atoms with Gasteiger partial charge >= 0.3 is 0 Å². The Hall–Kier alpha value is -3.28. The van der Waals surface area contributed by atoms with Crippen LogP contribution in [0.1, 0.15) is 28.2 Å². The summed E-state index contributed by atoms with van der Waals surface area (Å²) in [5.74, 6) is -0.609. The lowest BCUT2D eigenvalue weighted by atomic mass is 10.0. The van der Waals surface area contributed by atoms with Crippen LogP contribution in [0.5, 0.6) is 0 Å². The quantitative estimate of drug-likeness (QED) is 0.456. The molecule has 11 heteroatoms. The second-order valence-electron chi connectivity index (χ2n) is 8.22. The van der Waals surface area contributed by atoms with Crippen molar-refractivity contribution >= 4 is 37.5 Å². The van der Waals surface area contributed by atoms with E-state index in [4.69, 9.17) is 0 Å². The highest BCUT2D eigenvalue weighted by Crippen LogP contribution is 2.35. The Morgan fingerprint density at radius 3 is 2.56 bits per heavy atom. The molecular formula is C23H23N5O4S2. The van der Waals surface area contributed by atoms with Gasteiger partial charge in [0.1, 0.15) is 21.7 Å². The van der Waals surface area contributed by atoms with Gasteiger partial charge in [0.05, 0.1) is 5.39 Å². The van der Waals surface area contributed by atoms with Crippen molar-refractivity contribution in [3.63, 3.8) is 0 Å². The van der Waals surface area contributed by atoms with Crippen LogP contribution in [0, 0.1) is 6.92 Å². The Morgan fingerprint density at radius 2 is 1.85 bits per heavy atom. The van der Waals surface area contributed by atoms with Crippen molar-refractivity contribution in [2.45, 2.75) is 24.7 Å². The molecular weight excluding hydrogens is 474 g/mol. The molecule has 0 saturated carbocycles. The number of carbonyl (C=O) groups excluding carboxylic acids is 1. The highest BCUT2D eigenvalue weighted by molar-refractivity contribution is 7.89. The van der Waals surface area contributed by atoms with Crippen LogP contribution in [0.2, 0.25) is 0 Å². The van der Waals surface area contributed by atoms with Gasteiger partial charge in [0, 0.05) is 36.8 Å². The number of hydrogen-bond acceptors (Lipinski definition) is 6. The van der Waals surface area contributed by atoms with Gasteiger partial charge in [0.15, 0.2) is 0 Å². The lowest BCUT2D eigenvalue weighted by Crippen LogP contribution is -2.34. The van der Waals surface area contributed by atoms with Crippen LogP contribution < -0.4 is 11.0 Å². The van der Waals surface area contributed by atoms with Crippen molar-refractivity contribution < 1.29 is 13.2 Å². The minimum atomic E-state index is -3.66. The number of benzene rings is 1. The van der Waals surface area contributed by atoms with Crippen molar-refractivity contribution in [3.8, 4) is 11.1 Å². The highest BCUT2D eigenvalue weighted by Gasteiger charge is 2.29. The standard InChI is InChI=1S/C23H23N5O4S2/c1-15-19(16-8-4-3-5-9-16)20-22(33-15)24-14-28(23(20)30)25-21(29)18-12-17(13-26(18)2)34(31,32)27-10-6-7-11-27/h3-5,8-9,12-14H,6-7,10-11H2,1-2H3,(H,25,29). The Balaban J connectivity index is 1.50. The number of fused-ring (bicyclic) bond motifs is 1. The molecule has 0 aliphatic carbocycles. The van der Waals surface area contributed by atoms with E-state index in [9.17, 15) is 18.0 Å². The maximum absolute atomic E-state index is 13.3. The normalized spacial score (nSPS) is 14.6. The van der Waals surface area contributed by atoms with Crippen LogP contribution in [0.4, 0.5) is 0 Å². The number of sulfonamides is 1. The predicted octanol–water partition coefficient (Wildman–Crippen LogP) is 2.94. The number of carbonyl (C=O) groups is 1. The first kappa shape index (κ1) is 22.5. The van der Waals surface area contributed by atoms with Crippen molar-refractivity contribution in [1.82, 2.24) is 18.5 Å². The van der Waals surface area contributed by atoms with E-state index >= 15 is 0 Å². The molecule has 1 N–H and O–H groups in total. The first-order chi connectivity index (χ1) is 16.3. The highest BCUT2D eigenvalue weighted by atomic mass is 32.2. The summed E-state index contributed by atoms with van der Waals surface area (Å²) in [6.07, 6.45) is 4.34. The number of amides is 1. The lowest BCUT2D eigenvalue weighted by Gasteiger charge is -2.13. The smallest absolute Gasteiger partial charge is 0.286 e. The van der Waals surface area contributed by atoms with Gasteiger partial charge in [-0.2, -0.15) is 4.31 Å². The maximum atomic E-state index is 13.3. The van der Waals surface area contributed by atoms with E-state index in [1.807, 2.05) is 37.3 Å². The molecule has 0 unspecified atom stereocenters. The summed E-state index contributed by atoms with van der Waals surface area (Å²) in [4.78, 5) is 32.3. The minimum Gasteiger partial charge on any atom is -0.345 e. The first-order valence-electron chi connectivity index (χ1n) is 10.8. The van der Waals surface area contributed by atoms with E-state index < -0.39 is 21.5 Å². The van der Waals surface area contributed by atoms with Gasteiger partial charge < -0.3 is 4.57 Å². The van der Waals surface area contributed by atoms with Gasteiger partial charge in [-0.25, -0.2) is 18.1 Å². The number of nitrogens with zero attached hydrogens (tertiary/aromatic N) is 4. The molecule has 0 bridgehead atoms. The third-order valence-electron chi connectivity index (χ3n) is 5.99. The van der Waals surface area contributed by atoms with Gasteiger partial charge in [-0.1, -0.05) is 30.3 Å². The lowest BCUT2D eigenvalue weighted by molar-refractivity contribution is 0.0999. The van der Waals surface area contributed by atoms with Crippen molar-refractivity contribution in [2.24, 2.45) is 7.05 Å². The third kappa shape index (κ3) is 3.75. The zero-order valence-corrected chi connectivity index (χ0v) is 20.3. The van der Waals surface area contributed by atoms with Gasteiger partial charge in [-0.3, -0.25) is 15.0 Å². The van der Waals surface area contributed by atoms with E-state index in [1.165, 1.54) is 38.8 Å². The zero-order chi connectivity index (χ0) is 24.0. The van der Waals surface area contributed by atoms with Crippen molar-refractivity contribution in [2.75, 3.05) is 18.5 Å². The topological polar surface area (TPSA) is 106 Å². The van der Waals surface area contributed by atoms with E-state index in [0.717, 1.165) is 33.5 Å². The van der Waals surface area contributed by atoms with Crippen LogP contribution >= 0.6 is 11.3 Å². The van der Waals surface area contributed by atoms with Gasteiger partial charge in [-0.15, -0.1) is 11.3 Å². The molecule has 4 aromatic rings. The molecule has 5 rings (SSSR count). The number of rotatable bonds is 5. The molecule has 1 amide bonds. The largest absolute Gasteiger partial charge is 0.345 e. The third-order valence-corrected chi connectivity index (χ3v) is 8.87. The van der Waals surface area contributed by atoms with E-state index in [2.05, 4.69) is 10.4 Å². The Kier molecular flexibility index (Phi) is 5.62. The Labute approximate surface area is 200 Å².